The van der Waals surface area contributed by atoms with Crippen LogP contribution in [-0.4, -0.2) is 0 Å². The van der Waals surface area contributed by atoms with Gasteiger partial charge in [-0.2, -0.15) is 0 Å². The Morgan fingerprint density at radius 1 is 0.218 bits per heavy atom. The molecule has 0 aromatic heterocycles. The number of anilines is 9. The lowest BCUT2D eigenvalue weighted by Crippen LogP contribution is -2.10. The van der Waals surface area contributed by atoms with E-state index in [1.807, 2.05) is 18.2 Å². The fourth-order valence-corrected chi connectivity index (χ4v) is 9.69. The smallest absolute Gasteiger partial charge is 0.0462 e. The second-order valence-corrected chi connectivity index (χ2v) is 19.5. The van der Waals surface area contributed by atoms with E-state index in [0.29, 0.717) is 0 Å². The van der Waals surface area contributed by atoms with Crippen LogP contribution in [-0.2, 0) is 0 Å². The Morgan fingerprint density at radius 3 is 0.628 bits per heavy atom. The topological polar surface area (TPSA) is 9.72 Å². The fraction of sp³-hybridized carbons (Fsp3) is 0.0667. The summed E-state index contributed by atoms with van der Waals surface area (Å²) in [5.74, 6) is 0. The maximum atomic E-state index is 2.32. The van der Waals surface area contributed by atoms with Crippen LogP contribution in [0.4, 0.5) is 51.2 Å². The van der Waals surface area contributed by atoms with Gasteiger partial charge in [0.25, 0.3) is 0 Å². The molecule has 3 nitrogen and oxygen atoms in total. The van der Waals surface area contributed by atoms with Crippen molar-refractivity contribution in [2.45, 2.75) is 33.6 Å². The summed E-state index contributed by atoms with van der Waals surface area (Å²) in [5.41, 5.74) is 21.1. The largest absolute Gasteiger partial charge is 0.311 e. The highest BCUT2D eigenvalue weighted by Gasteiger charge is 2.17. The predicted octanol–water partition coefficient (Wildman–Crippen LogP) is 21.7. The van der Waals surface area contributed by atoms with Crippen LogP contribution in [0.1, 0.15) is 30.9 Å². The molecule has 0 amide bonds. The minimum absolute atomic E-state index is 1.09. The summed E-state index contributed by atoms with van der Waals surface area (Å²) in [6.45, 7) is 6.34. The molecule has 380 valence electrons. The second kappa shape index (κ2) is 25.7. The number of hydrogen-bond acceptors (Lipinski definition) is 3. The fourth-order valence-electron chi connectivity index (χ4n) is 9.69. The third kappa shape index (κ3) is 13.2. The Morgan fingerprint density at radius 2 is 0.436 bits per heavy atom. The SMILES string of the molecule is CC1=CCCC=C1.Cc1ccc(-c2ccc(N(c3ccccc3)c3ccc(-c4ccc(N(c5ccccc5)c5ccc(-c6ccc(N(c7ccccc7)c7ccccc7)cc6)cc5)cc4)cc3)cc2)cc1.Cc1ccccc1. The molecule has 0 fully saturated rings. The van der Waals surface area contributed by atoms with Gasteiger partial charge >= 0.3 is 0 Å². The molecule has 0 heterocycles. The lowest BCUT2D eigenvalue weighted by atomic mass is 10.0. The van der Waals surface area contributed by atoms with Crippen LogP contribution in [0, 0.1) is 13.8 Å². The van der Waals surface area contributed by atoms with E-state index >= 15 is 0 Å². The van der Waals surface area contributed by atoms with Crippen molar-refractivity contribution < 1.29 is 0 Å². The van der Waals surface area contributed by atoms with Crippen molar-refractivity contribution in [1.29, 1.82) is 0 Å². The molecule has 78 heavy (non-hydrogen) atoms. The molecule has 0 bridgehead atoms. The lowest BCUT2D eigenvalue weighted by Gasteiger charge is -2.26. The Balaban J connectivity index is 0.000000428. The molecule has 1 aliphatic carbocycles. The number of nitrogens with zero attached hydrogens (tertiary/aromatic N) is 3. The molecule has 0 N–H and O–H groups in total. The van der Waals surface area contributed by atoms with Gasteiger partial charge in [0, 0.05) is 51.2 Å². The first-order valence-electron chi connectivity index (χ1n) is 27.0. The van der Waals surface area contributed by atoms with Crippen LogP contribution in [0.25, 0.3) is 33.4 Å². The number of benzene rings is 11. The second-order valence-electron chi connectivity index (χ2n) is 19.5. The molecule has 0 atom stereocenters. The number of para-hydroxylation sites is 4. The first kappa shape index (κ1) is 51.8. The van der Waals surface area contributed by atoms with E-state index in [2.05, 4.69) is 333 Å². The van der Waals surface area contributed by atoms with Gasteiger partial charge in [0.1, 0.15) is 0 Å². The Kier molecular flexibility index (Phi) is 17.1. The molecule has 0 unspecified atom stereocenters. The minimum Gasteiger partial charge on any atom is -0.311 e. The van der Waals surface area contributed by atoms with Gasteiger partial charge in [-0.25, -0.2) is 0 Å². The molecule has 0 spiro atoms. The van der Waals surface area contributed by atoms with Crippen molar-refractivity contribution in [1.82, 2.24) is 0 Å². The number of hydrogen-bond donors (Lipinski definition) is 0. The highest BCUT2D eigenvalue weighted by atomic mass is 15.2. The molecular weight excluding hydrogens is 943 g/mol. The average Bonchev–Trinajstić information content (AvgIpc) is 3.52. The van der Waals surface area contributed by atoms with Gasteiger partial charge in [-0.15, -0.1) is 0 Å². The molecule has 0 saturated carbocycles. The summed E-state index contributed by atoms with van der Waals surface area (Å²) < 4.78 is 0. The highest BCUT2D eigenvalue weighted by molar-refractivity contribution is 5.83. The summed E-state index contributed by atoms with van der Waals surface area (Å²) in [7, 11) is 0. The first-order valence-corrected chi connectivity index (χ1v) is 27.0. The monoisotopic (exact) mass is 1010 g/mol. The van der Waals surface area contributed by atoms with Crippen LogP contribution >= 0.6 is 0 Å². The molecule has 0 saturated heterocycles. The van der Waals surface area contributed by atoms with Gasteiger partial charge in [0.15, 0.2) is 0 Å². The van der Waals surface area contributed by atoms with Crippen LogP contribution < -0.4 is 14.7 Å². The molecule has 0 radical (unpaired) electrons. The van der Waals surface area contributed by atoms with E-state index in [0.717, 1.165) is 67.9 Å². The summed E-state index contributed by atoms with van der Waals surface area (Å²) in [4.78, 5) is 6.92. The van der Waals surface area contributed by atoms with E-state index in [4.69, 9.17) is 0 Å². The van der Waals surface area contributed by atoms with Gasteiger partial charge in [0.2, 0.25) is 0 Å². The summed E-state index contributed by atoms with van der Waals surface area (Å²) in [6.07, 6.45) is 9.12. The first-order chi connectivity index (χ1) is 38.4. The summed E-state index contributed by atoms with van der Waals surface area (Å²) >= 11 is 0. The van der Waals surface area contributed by atoms with E-state index in [1.165, 1.54) is 46.2 Å². The van der Waals surface area contributed by atoms with Gasteiger partial charge in [-0.3, -0.25) is 0 Å². The predicted molar refractivity (Wildman–Crippen MR) is 335 cm³/mol. The quantitative estimate of drug-likeness (QED) is 0.121. The van der Waals surface area contributed by atoms with Gasteiger partial charge < -0.3 is 14.7 Å². The highest BCUT2D eigenvalue weighted by Crippen LogP contribution is 2.40. The average molecular weight is 1010 g/mol. The standard InChI is InChI=1S/C61H47N3.C7H10.C7H8/c1-46-22-24-47(25-23-46)48-26-38-58(39-27-48)63(55-18-10-4-11-19-55)59-42-32-51(33-43-59)52-34-44-61(45-35-52)64(56-20-12-5-13-21-56)60-40-30-50(31-41-60)49-28-36-57(37-29-49)62(53-14-6-2-7-15-53)54-16-8-3-9-17-54;2*1-7-5-3-2-4-6-7/h2-45H,1H3;3,5-6H,2,4H2,1H3;2-6H,1H3. The Labute approximate surface area is 462 Å². The Hall–Kier alpha value is -9.70. The van der Waals surface area contributed by atoms with Crippen molar-refractivity contribution in [3.05, 3.63) is 332 Å². The van der Waals surface area contributed by atoms with E-state index < -0.39 is 0 Å². The van der Waals surface area contributed by atoms with Crippen molar-refractivity contribution in [2.24, 2.45) is 0 Å². The maximum absolute atomic E-state index is 2.32. The van der Waals surface area contributed by atoms with Crippen molar-refractivity contribution in [3.63, 3.8) is 0 Å². The zero-order chi connectivity index (χ0) is 53.3. The van der Waals surface area contributed by atoms with Crippen LogP contribution in [0.5, 0.6) is 0 Å². The molecule has 11 aromatic carbocycles. The lowest BCUT2D eigenvalue weighted by molar-refractivity contribution is 1.02. The molecule has 1 aliphatic rings. The molecular formula is C75H65N3. The number of aryl methyl sites for hydroxylation is 2. The minimum atomic E-state index is 1.09. The van der Waals surface area contributed by atoms with Gasteiger partial charge in [-0.1, -0.05) is 223 Å². The normalized spacial score (nSPS) is 11.4. The molecule has 12 rings (SSSR count). The van der Waals surface area contributed by atoms with Crippen LogP contribution in [0.15, 0.2) is 321 Å². The van der Waals surface area contributed by atoms with Crippen molar-refractivity contribution >= 4 is 51.2 Å². The zero-order valence-corrected chi connectivity index (χ0v) is 44.8. The van der Waals surface area contributed by atoms with E-state index in [9.17, 15) is 0 Å². The summed E-state index contributed by atoms with van der Waals surface area (Å²) in [5, 5.41) is 0. The molecule has 0 aliphatic heterocycles. The third-order valence-electron chi connectivity index (χ3n) is 13.9. The van der Waals surface area contributed by atoms with Gasteiger partial charge in [-0.05, 0) is 176 Å². The zero-order valence-electron chi connectivity index (χ0n) is 44.8. The third-order valence-corrected chi connectivity index (χ3v) is 13.9. The van der Waals surface area contributed by atoms with Crippen LogP contribution in [0.3, 0.4) is 0 Å². The van der Waals surface area contributed by atoms with E-state index in [1.54, 1.807) is 0 Å². The molecule has 3 heteroatoms. The number of rotatable bonds is 12. The number of allylic oxidation sites excluding steroid dienone is 4. The summed E-state index contributed by atoms with van der Waals surface area (Å²) in [6, 6.07) is 106. The van der Waals surface area contributed by atoms with Gasteiger partial charge in [0.05, 0.1) is 0 Å². The van der Waals surface area contributed by atoms with Crippen molar-refractivity contribution in [2.75, 3.05) is 14.7 Å². The van der Waals surface area contributed by atoms with E-state index in [-0.39, 0.29) is 0 Å². The molecule has 11 aromatic rings. The van der Waals surface area contributed by atoms with Crippen molar-refractivity contribution in [3.8, 4) is 33.4 Å². The van der Waals surface area contributed by atoms with Crippen LogP contribution in [0.2, 0.25) is 0 Å². The maximum Gasteiger partial charge on any atom is 0.0462 e. The Bertz CT molecular complexity index is 3580.